The molecule has 0 unspecified atom stereocenters. The van der Waals surface area contributed by atoms with Crippen LogP contribution >= 0.6 is 24.0 Å². The fraction of sp³-hybridized carbons (Fsp3) is 0.100. The van der Waals surface area contributed by atoms with Crippen LogP contribution in [0, 0.1) is 0 Å². The molecule has 26 heavy (non-hydrogen) atoms. The highest BCUT2D eigenvalue weighted by molar-refractivity contribution is 8.27. The number of carbonyl (C=O) groups excluding carboxylic acids is 1. The fourth-order valence-electron chi connectivity index (χ4n) is 2.93. The summed E-state index contributed by atoms with van der Waals surface area (Å²) < 4.78 is 6.46. The molecule has 2 aliphatic rings. The minimum Gasteiger partial charge on any atom is -0.439 e. The van der Waals surface area contributed by atoms with E-state index in [1.807, 2.05) is 60.7 Å². The molecule has 0 spiro atoms. The Morgan fingerprint density at radius 2 is 1.81 bits per heavy atom. The van der Waals surface area contributed by atoms with Gasteiger partial charge in [0.1, 0.15) is 0 Å². The first-order valence-electron chi connectivity index (χ1n) is 8.26. The Hall–Kier alpha value is -2.57. The van der Waals surface area contributed by atoms with E-state index in [1.54, 1.807) is 11.0 Å². The van der Waals surface area contributed by atoms with Crippen molar-refractivity contribution >= 4 is 45.6 Å². The second kappa shape index (κ2) is 6.97. The quantitative estimate of drug-likeness (QED) is 0.570. The van der Waals surface area contributed by atoms with Gasteiger partial charge >= 0.3 is 0 Å². The number of anilines is 2. The normalized spacial score (nSPS) is 19.4. The number of hydrogen-bond acceptors (Lipinski definition) is 5. The Morgan fingerprint density at radius 3 is 2.58 bits per heavy atom. The smallest absolute Gasteiger partial charge is 0.270 e. The van der Waals surface area contributed by atoms with Crippen LogP contribution in [-0.2, 0) is 4.79 Å². The number of rotatable bonds is 3. The number of thiocarbonyl (C=S) groups is 1. The number of thioether (sulfide) groups is 1. The van der Waals surface area contributed by atoms with Crippen LogP contribution in [0.25, 0.3) is 0 Å². The molecule has 0 saturated carbocycles. The van der Waals surface area contributed by atoms with Crippen LogP contribution in [0.5, 0.6) is 5.75 Å². The molecule has 0 atom stereocenters. The summed E-state index contributed by atoms with van der Waals surface area (Å²) in [6.07, 6.45) is 3.62. The van der Waals surface area contributed by atoms with Gasteiger partial charge in [-0.25, -0.2) is 0 Å². The monoisotopic (exact) mass is 380 g/mol. The van der Waals surface area contributed by atoms with Gasteiger partial charge in [-0.1, -0.05) is 54.3 Å². The molecule has 2 heterocycles. The predicted molar refractivity (Wildman–Crippen MR) is 110 cm³/mol. The Morgan fingerprint density at radius 1 is 1.08 bits per heavy atom. The highest BCUT2D eigenvalue weighted by Crippen LogP contribution is 2.39. The first kappa shape index (κ1) is 16.9. The van der Waals surface area contributed by atoms with Gasteiger partial charge in [0.2, 0.25) is 5.88 Å². The number of ether oxygens (including phenoxy) is 1. The molecule has 130 valence electrons. The maximum absolute atomic E-state index is 12.8. The van der Waals surface area contributed by atoms with Crippen molar-refractivity contribution in [2.75, 3.05) is 16.3 Å². The standard InChI is InChI=1S/C20H16N2O2S2/c1-2-21-15-10-6-7-11-16(15)24-18(21)13-12-17-19(23)22(20(25)26-17)14-8-4-3-5-9-14/h3-13H,2H2,1H3/b17-12+,18-13-. The van der Waals surface area contributed by atoms with Crippen molar-refractivity contribution in [2.45, 2.75) is 6.92 Å². The summed E-state index contributed by atoms with van der Waals surface area (Å²) in [6, 6.07) is 17.3. The molecule has 0 aromatic heterocycles. The number of hydrogen-bond donors (Lipinski definition) is 0. The van der Waals surface area contributed by atoms with Gasteiger partial charge in [-0.05, 0) is 37.3 Å². The molecule has 1 fully saturated rings. The molecule has 0 radical (unpaired) electrons. The van der Waals surface area contributed by atoms with Crippen LogP contribution in [-0.4, -0.2) is 16.8 Å². The van der Waals surface area contributed by atoms with Crippen molar-refractivity contribution in [1.82, 2.24) is 0 Å². The Balaban J connectivity index is 1.61. The molecule has 2 aromatic carbocycles. The topological polar surface area (TPSA) is 32.8 Å². The van der Waals surface area contributed by atoms with E-state index in [0.29, 0.717) is 15.1 Å². The molecule has 0 aliphatic carbocycles. The minimum absolute atomic E-state index is 0.110. The average molecular weight is 380 g/mol. The lowest BCUT2D eigenvalue weighted by atomic mass is 10.3. The van der Waals surface area contributed by atoms with Gasteiger partial charge in [-0.3, -0.25) is 9.69 Å². The van der Waals surface area contributed by atoms with Crippen molar-refractivity contribution < 1.29 is 9.53 Å². The predicted octanol–water partition coefficient (Wildman–Crippen LogP) is 4.70. The molecule has 2 aliphatic heterocycles. The second-order valence-electron chi connectivity index (χ2n) is 5.69. The highest BCUT2D eigenvalue weighted by Gasteiger charge is 2.33. The summed E-state index contributed by atoms with van der Waals surface area (Å²) in [5.74, 6) is 1.42. The zero-order valence-corrected chi connectivity index (χ0v) is 15.7. The van der Waals surface area contributed by atoms with Crippen molar-refractivity contribution in [3.05, 3.63) is 77.5 Å². The number of amides is 1. The summed E-state index contributed by atoms with van der Waals surface area (Å²) in [6.45, 7) is 2.84. The number of fused-ring (bicyclic) bond motifs is 1. The van der Waals surface area contributed by atoms with Crippen LogP contribution in [0.4, 0.5) is 11.4 Å². The molecule has 4 rings (SSSR count). The zero-order valence-electron chi connectivity index (χ0n) is 14.1. The van der Waals surface area contributed by atoms with Gasteiger partial charge in [-0.15, -0.1) is 0 Å². The van der Waals surface area contributed by atoms with E-state index < -0.39 is 0 Å². The maximum Gasteiger partial charge on any atom is 0.270 e. The second-order valence-corrected chi connectivity index (χ2v) is 7.37. The van der Waals surface area contributed by atoms with Crippen molar-refractivity contribution in [3.8, 4) is 5.75 Å². The molecular weight excluding hydrogens is 364 g/mol. The number of allylic oxidation sites excluding steroid dienone is 2. The third-order valence-corrected chi connectivity index (χ3v) is 5.46. The Labute approximate surface area is 161 Å². The van der Waals surface area contributed by atoms with E-state index >= 15 is 0 Å². The van der Waals surface area contributed by atoms with Crippen LogP contribution in [0.3, 0.4) is 0 Å². The Bertz CT molecular complexity index is 938. The average Bonchev–Trinajstić information content (AvgIpc) is 3.16. The van der Waals surface area contributed by atoms with Crippen molar-refractivity contribution in [3.63, 3.8) is 0 Å². The van der Waals surface area contributed by atoms with Crippen LogP contribution in [0.15, 0.2) is 77.5 Å². The fourth-order valence-corrected chi connectivity index (χ4v) is 4.17. The van der Waals surface area contributed by atoms with Gasteiger partial charge < -0.3 is 9.64 Å². The van der Waals surface area contributed by atoms with E-state index in [-0.39, 0.29) is 5.91 Å². The van der Waals surface area contributed by atoms with Gasteiger partial charge in [-0.2, -0.15) is 0 Å². The number of benzene rings is 2. The zero-order chi connectivity index (χ0) is 18.1. The molecule has 1 saturated heterocycles. The summed E-state index contributed by atoms with van der Waals surface area (Å²) in [5, 5.41) is 0. The number of para-hydroxylation sites is 3. The third-order valence-electron chi connectivity index (χ3n) is 4.14. The first-order chi connectivity index (χ1) is 12.7. The van der Waals surface area contributed by atoms with E-state index in [1.165, 1.54) is 11.8 Å². The summed E-state index contributed by atoms with van der Waals surface area (Å²) in [4.78, 5) is 17.0. The minimum atomic E-state index is -0.110. The number of nitrogens with zero attached hydrogens (tertiary/aromatic N) is 2. The molecule has 4 nitrogen and oxygen atoms in total. The van der Waals surface area contributed by atoms with Crippen LogP contribution in [0.1, 0.15) is 6.92 Å². The maximum atomic E-state index is 12.8. The van der Waals surface area contributed by atoms with E-state index in [4.69, 9.17) is 17.0 Å². The third kappa shape index (κ3) is 2.91. The largest absolute Gasteiger partial charge is 0.439 e. The highest BCUT2D eigenvalue weighted by atomic mass is 32.2. The van der Waals surface area contributed by atoms with Gasteiger partial charge in [0.15, 0.2) is 10.1 Å². The number of carbonyl (C=O) groups is 1. The molecular formula is C20H16N2O2S2. The lowest BCUT2D eigenvalue weighted by Gasteiger charge is -2.15. The van der Waals surface area contributed by atoms with Gasteiger partial charge in [0.05, 0.1) is 16.3 Å². The molecule has 0 bridgehead atoms. The van der Waals surface area contributed by atoms with E-state index in [2.05, 4.69) is 11.8 Å². The lowest BCUT2D eigenvalue weighted by molar-refractivity contribution is -0.113. The van der Waals surface area contributed by atoms with Crippen LogP contribution < -0.4 is 14.5 Å². The SMILES string of the molecule is CCN1/C(=C/C=C2/SC(=S)N(c3ccccc3)C2=O)Oc2ccccc21. The molecule has 2 aromatic rings. The molecule has 0 N–H and O–H groups in total. The van der Waals surface area contributed by atoms with Crippen molar-refractivity contribution in [2.24, 2.45) is 0 Å². The van der Waals surface area contributed by atoms with Gasteiger partial charge in [0, 0.05) is 12.6 Å². The summed E-state index contributed by atoms with van der Waals surface area (Å²) in [5.41, 5.74) is 1.82. The van der Waals surface area contributed by atoms with Crippen molar-refractivity contribution in [1.29, 1.82) is 0 Å². The van der Waals surface area contributed by atoms with E-state index in [9.17, 15) is 4.79 Å². The molecule has 6 heteroatoms. The van der Waals surface area contributed by atoms with E-state index in [0.717, 1.165) is 23.7 Å². The summed E-state index contributed by atoms with van der Waals surface area (Å²) in [7, 11) is 0. The van der Waals surface area contributed by atoms with Gasteiger partial charge in [0.25, 0.3) is 5.91 Å². The Kier molecular flexibility index (Phi) is 4.53. The lowest BCUT2D eigenvalue weighted by Crippen LogP contribution is -2.27. The van der Waals surface area contributed by atoms with Crippen LogP contribution in [0.2, 0.25) is 0 Å². The molecule has 1 amide bonds. The first-order valence-corrected chi connectivity index (χ1v) is 9.49. The summed E-state index contributed by atoms with van der Waals surface area (Å²) >= 11 is 6.70.